The average molecular weight is 381 g/mol. The van der Waals surface area contributed by atoms with Crippen molar-refractivity contribution < 1.29 is 9.21 Å². The lowest BCUT2D eigenvalue weighted by Crippen LogP contribution is -2.28. The standard InChI is InChI=1S/C24H19N3O2/c1-14-5-7-19-21(13-14)29-24(26-19)27-11-9-15(10-12-27)16-6-8-20-22-17(16)3-2-4-18(22)23(28)25-20/h2-9,13H,10-12H2,1H3,(H,25,28). The van der Waals surface area contributed by atoms with E-state index < -0.39 is 0 Å². The molecule has 5 heteroatoms. The lowest BCUT2D eigenvalue weighted by Gasteiger charge is -2.25. The van der Waals surface area contributed by atoms with Crippen molar-refractivity contribution in [2.45, 2.75) is 13.3 Å². The number of carbonyl (C=O) groups is 1. The molecule has 4 aromatic rings. The summed E-state index contributed by atoms with van der Waals surface area (Å²) in [5.74, 6) is -0.0160. The number of hydrogen-bond donors (Lipinski definition) is 1. The molecule has 1 amide bonds. The molecule has 1 N–H and O–H groups in total. The number of fused-ring (bicyclic) bond motifs is 1. The second-order valence-electron chi connectivity index (χ2n) is 7.74. The first-order valence-electron chi connectivity index (χ1n) is 9.86. The molecule has 0 bridgehead atoms. The van der Waals surface area contributed by atoms with Crippen LogP contribution < -0.4 is 10.2 Å². The molecule has 0 saturated heterocycles. The number of amides is 1. The smallest absolute Gasteiger partial charge is 0.298 e. The van der Waals surface area contributed by atoms with Crippen molar-refractivity contribution in [1.29, 1.82) is 0 Å². The number of anilines is 2. The molecule has 3 heterocycles. The maximum Gasteiger partial charge on any atom is 0.298 e. The van der Waals surface area contributed by atoms with E-state index in [9.17, 15) is 4.79 Å². The van der Waals surface area contributed by atoms with Crippen LogP contribution >= 0.6 is 0 Å². The third kappa shape index (κ3) is 2.47. The molecule has 2 aliphatic rings. The van der Waals surface area contributed by atoms with Crippen molar-refractivity contribution in [1.82, 2.24) is 4.98 Å². The van der Waals surface area contributed by atoms with Crippen molar-refractivity contribution >= 4 is 45.1 Å². The van der Waals surface area contributed by atoms with Gasteiger partial charge >= 0.3 is 0 Å². The molecule has 0 unspecified atom stereocenters. The molecule has 0 spiro atoms. The molecule has 0 atom stereocenters. The van der Waals surface area contributed by atoms with E-state index in [0.29, 0.717) is 6.01 Å². The monoisotopic (exact) mass is 381 g/mol. The molecule has 0 fully saturated rings. The first-order chi connectivity index (χ1) is 14.2. The van der Waals surface area contributed by atoms with Crippen LogP contribution in [0.25, 0.3) is 27.4 Å². The zero-order valence-corrected chi connectivity index (χ0v) is 16.0. The van der Waals surface area contributed by atoms with Crippen LogP contribution in [0.15, 0.2) is 59.0 Å². The van der Waals surface area contributed by atoms with Crippen molar-refractivity contribution in [3.8, 4) is 0 Å². The van der Waals surface area contributed by atoms with Gasteiger partial charge in [-0.25, -0.2) is 0 Å². The van der Waals surface area contributed by atoms with Crippen molar-refractivity contribution in [3.63, 3.8) is 0 Å². The topological polar surface area (TPSA) is 58.4 Å². The molecule has 0 saturated carbocycles. The summed E-state index contributed by atoms with van der Waals surface area (Å²) in [4.78, 5) is 19.0. The lowest BCUT2D eigenvalue weighted by atomic mass is 9.92. The summed E-state index contributed by atoms with van der Waals surface area (Å²) in [5, 5.41) is 5.13. The van der Waals surface area contributed by atoms with Crippen molar-refractivity contribution in [2.75, 3.05) is 23.3 Å². The van der Waals surface area contributed by atoms with Crippen LogP contribution in [0.1, 0.15) is 27.9 Å². The van der Waals surface area contributed by atoms with Gasteiger partial charge in [-0.15, -0.1) is 0 Å². The van der Waals surface area contributed by atoms with Gasteiger partial charge in [-0.2, -0.15) is 4.98 Å². The fraction of sp³-hybridized carbons (Fsp3) is 0.167. The Balaban J connectivity index is 1.35. The van der Waals surface area contributed by atoms with Crippen LogP contribution in [0.2, 0.25) is 0 Å². The highest BCUT2D eigenvalue weighted by Crippen LogP contribution is 2.38. The van der Waals surface area contributed by atoms with Crippen molar-refractivity contribution in [3.05, 3.63) is 71.3 Å². The average Bonchev–Trinajstić information content (AvgIpc) is 3.30. The van der Waals surface area contributed by atoms with Gasteiger partial charge in [-0.05, 0) is 59.7 Å². The summed E-state index contributed by atoms with van der Waals surface area (Å²) in [6, 6.07) is 16.9. The Morgan fingerprint density at radius 1 is 1.10 bits per heavy atom. The molecule has 5 nitrogen and oxygen atoms in total. The number of rotatable bonds is 2. The lowest BCUT2D eigenvalue weighted by molar-refractivity contribution is 0.103. The van der Waals surface area contributed by atoms with Gasteiger partial charge in [-0.1, -0.05) is 30.3 Å². The summed E-state index contributed by atoms with van der Waals surface area (Å²) in [5.41, 5.74) is 7.07. The summed E-state index contributed by atoms with van der Waals surface area (Å²) >= 11 is 0. The molecule has 29 heavy (non-hydrogen) atoms. The molecular formula is C24H19N3O2. The molecule has 0 aliphatic carbocycles. The Bertz CT molecular complexity index is 1350. The van der Waals surface area contributed by atoms with Gasteiger partial charge in [0.2, 0.25) is 0 Å². The van der Waals surface area contributed by atoms with Crippen LogP contribution in [0.3, 0.4) is 0 Å². The quantitative estimate of drug-likeness (QED) is 0.522. The van der Waals surface area contributed by atoms with E-state index in [4.69, 9.17) is 4.42 Å². The Hall–Kier alpha value is -3.60. The van der Waals surface area contributed by atoms with Gasteiger partial charge < -0.3 is 14.6 Å². The molecule has 142 valence electrons. The molecule has 6 rings (SSSR count). The fourth-order valence-corrected chi connectivity index (χ4v) is 4.41. The Morgan fingerprint density at radius 3 is 2.90 bits per heavy atom. The Kier molecular flexibility index (Phi) is 3.36. The minimum Gasteiger partial charge on any atom is -0.423 e. The molecular weight excluding hydrogens is 362 g/mol. The summed E-state index contributed by atoms with van der Waals surface area (Å²) in [6.07, 6.45) is 3.15. The normalized spacial score (nSPS) is 15.8. The van der Waals surface area contributed by atoms with Gasteiger partial charge in [0.1, 0.15) is 5.52 Å². The van der Waals surface area contributed by atoms with Crippen LogP contribution in [0.5, 0.6) is 0 Å². The second kappa shape index (κ2) is 5.95. The van der Waals surface area contributed by atoms with E-state index in [1.165, 1.54) is 16.7 Å². The zero-order valence-electron chi connectivity index (χ0n) is 16.0. The van der Waals surface area contributed by atoms with E-state index in [-0.39, 0.29) is 5.91 Å². The highest BCUT2D eigenvalue weighted by molar-refractivity contribution is 6.25. The number of aryl methyl sites for hydroxylation is 1. The molecule has 3 aromatic carbocycles. The third-order valence-electron chi connectivity index (χ3n) is 5.89. The first kappa shape index (κ1) is 16.4. The minimum atomic E-state index is -0.0160. The second-order valence-corrected chi connectivity index (χ2v) is 7.74. The predicted octanol–water partition coefficient (Wildman–Crippen LogP) is 5.15. The molecule has 0 radical (unpaired) electrons. The summed E-state index contributed by atoms with van der Waals surface area (Å²) < 4.78 is 5.99. The summed E-state index contributed by atoms with van der Waals surface area (Å²) in [7, 11) is 0. The maximum absolute atomic E-state index is 12.2. The Morgan fingerprint density at radius 2 is 2.03 bits per heavy atom. The number of carbonyl (C=O) groups excluding carboxylic acids is 1. The van der Waals surface area contributed by atoms with Crippen LogP contribution in [0, 0.1) is 6.92 Å². The number of nitrogens with one attached hydrogen (secondary N) is 1. The van der Waals surface area contributed by atoms with Crippen LogP contribution in [-0.2, 0) is 0 Å². The third-order valence-corrected chi connectivity index (χ3v) is 5.89. The van der Waals surface area contributed by atoms with E-state index >= 15 is 0 Å². The molecule has 1 aromatic heterocycles. The Labute approximate surface area is 167 Å². The van der Waals surface area contributed by atoms with E-state index in [1.807, 2.05) is 30.3 Å². The van der Waals surface area contributed by atoms with Crippen molar-refractivity contribution in [2.24, 2.45) is 0 Å². The van der Waals surface area contributed by atoms with E-state index in [0.717, 1.165) is 52.6 Å². The van der Waals surface area contributed by atoms with Gasteiger partial charge in [0.25, 0.3) is 11.9 Å². The zero-order chi connectivity index (χ0) is 19.5. The SMILES string of the molecule is Cc1ccc2nc(N3CC=C(c4ccc5c6c(cccc46)C(=O)N5)CC3)oc2c1. The first-order valence-corrected chi connectivity index (χ1v) is 9.86. The van der Waals surface area contributed by atoms with Gasteiger partial charge in [0.15, 0.2) is 5.58 Å². The highest BCUT2D eigenvalue weighted by Gasteiger charge is 2.24. The minimum absolute atomic E-state index is 0.0160. The number of hydrogen-bond acceptors (Lipinski definition) is 4. The fourth-order valence-electron chi connectivity index (χ4n) is 4.41. The maximum atomic E-state index is 12.2. The van der Waals surface area contributed by atoms with Crippen LogP contribution in [-0.4, -0.2) is 24.0 Å². The van der Waals surface area contributed by atoms with Gasteiger partial charge in [-0.3, -0.25) is 4.79 Å². The largest absolute Gasteiger partial charge is 0.423 e. The summed E-state index contributed by atoms with van der Waals surface area (Å²) in [6.45, 7) is 3.65. The van der Waals surface area contributed by atoms with E-state index in [1.54, 1.807) is 0 Å². The number of benzene rings is 3. The highest BCUT2D eigenvalue weighted by atomic mass is 16.4. The van der Waals surface area contributed by atoms with Gasteiger partial charge in [0, 0.05) is 29.7 Å². The van der Waals surface area contributed by atoms with E-state index in [2.05, 4.69) is 46.4 Å². The molecule has 2 aliphatic heterocycles. The number of nitrogens with zero attached hydrogens (tertiary/aromatic N) is 2. The predicted molar refractivity (Wildman–Crippen MR) is 115 cm³/mol. The van der Waals surface area contributed by atoms with Gasteiger partial charge in [0.05, 0.1) is 0 Å². The number of aromatic nitrogens is 1. The number of oxazole rings is 1. The van der Waals surface area contributed by atoms with Crippen LogP contribution in [0.4, 0.5) is 11.7 Å².